The molecule has 1 heterocycles. The largest absolute Gasteiger partial charge is 0.496 e. The third kappa shape index (κ3) is 2.84. The van der Waals surface area contributed by atoms with Crippen LogP contribution in [-0.2, 0) is 6.42 Å². The standard InChI is InChI=1S/C19H21N3O/c1-5-15-6-8-16(9-7-15)18-12-20-21-22(18)17-10-13(2)14(3)19(11-17)23-4/h6-12H,5H2,1-4H3. The summed E-state index contributed by atoms with van der Waals surface area (Å²) in [7, 11) is 1.69. The van der Waals surface area contributed by atoms with Crippen molar-refractivity contribution < 1.29 is 4.74 Å². The fourth-order valence-corrected chi connectivity index (χ4v) is 2.68. The van der Waals surface area contributed by atoms with Gasteiger partial charge in [0.1, 0.15) is 5.75 Å². The van der Waals surface area contributed by atoms with Crippen LogP contribution in [0.15, 0.2) is 42.6 Å². The van der Waals surface area contributed by atoms with Gasteiger partial charge in [0.2, 0.25) is 0 Å². The molecule has 4 heteroatoms. The number of methoxy groups -OCH3 is 1. The maximum Gasteiger partial charge on any atom is 0.124 e. The van der Waals surface area contributed by atoms with Gasteiger partial charge in [0.25, 0.3) is 0 Å². The molecule has 0 saturated heterocycles. The molecule has 0 radical (unpaired) electrons. The van der Waals surface area contributed by atoms with Gasteiger partial charge < -0.3 is 4.74 Å². The zero-order valence-electron chi connectivity index (χ0n) is 14.0. The van der Waals surface area contributed by atoms with Crippen molar-refractivity contribution in [2.75, 3.05) is 7.11 Å². The summed E-state index contributed by atoms with van der Waals surface area (Å²) in [6.07, 6.45) is 2.83. The van der Waals surface area contributed by atoms with E-state index in [0.717, 1.165) is 34.7 Å². The first-order chi connectivity index (χ1) is 11.1. The van der Waals surface area contributed by atoms with Gasteiger partial charge in [0.15, 0.2) is 0 Å². The molecule has 2 aromatic carbocycles. The van der Waals surface area contributed by atoms with Gasteiger partial charge in [-0.25, -0.2) is 4.68 Å². The summed E-state index contributed by atoms with van der Waals surface area (Å²) in [4.78, 5) is 0. The molecule has 0 aliphatic rings. The van der Waals surface area contributed by atoms with Crippen LogP contribution < -0.4 is 4.74 Å². The molecule has 3 rings (SSSR count). The fourth-order valence-electron chi connectivity index (χ4n) is 2.68. The lowest BCUT2D eigenvalue weighted by Gasteiger charge is -2.12. The van der Waals surface area contributed by atoms with E-state index in [0.29, 0.717) is 0 Å². The lowest BCUT2D eigenvalue weighted by molar-refractivity contribution is 0.411. The van der Waals surface area contributed by atoms with Gasteiger partial charge in [0, 0.05) is 11.6 Å². The molecule has 0 aliphatic heterocycles. The number of ether oxygens (including phenoxy) is 1. The second-order valence-electron chi connectivity index (χ2n) is 5.67. The normalized spacial score (nSPS) is 10.8. The molecule has 0 spiro atoms. The smallest absolute Gasteiger partial charge is 0.124 e. The lowest BCUT2D eigenvalue weighted by atomic mass is 10.1. The Morgan fingerprint density at radius 2 is 1.83 bits per heavy atom. The highest BCUT2D eigenvalue weighted by molar-refractivity contribution is 5.62. The molecule has 0 bridgehead atoms. The highest BCUT2D eigenvalue weighted by atomic mass is 16.5. The Morgan fingerprint density at radius 3 is 2.48 bits per heavy atom. The Morgan fingerprint density at radius 1 is 1.09 bits per heavy atom. The van der Waals surface area contributed by atoms with Crippen LogP contribution in [0, 0.1) is 13.8 Å². The molecule has 0 saturated carbocycles. The summed E-state index contributed by atoms with van der Waals surface area (Å²) in [5.74, 6) is 0.864. The highest BCUT2D eigenvalue weighted by Gasteiger charge is 2.12. The number of aryl methyl sites for hydroxylation is 2. The Labute approximate surface area is 136 Å². The van der Waals surface area contributed by atoms with Crippen molar-refractivity contribution in [3.05, 3.63) is 59.3 Å². The Balaban J connectivity index is 2.09. The van der Waals surface area contributed by atoms with E-state index in [9.17, 15) is 0 Å². The number of aromatic nitrogens is 3. The van der Waals surface area contributed by atoms with Crippen molar-refractivity contribution in [1.82, 2.24) is 15.0 Å². The Kier molecular flexibility index (Phi) is 4.15. The molecule has 0 N–H and O–H groups in total. The van der Waals surface area contributed by atoms with Crippen LogP contribution in [0.2, 0.25) is 0 Å². The molecule has 0 amide bonds. The molecule has 0 unspecified atom stereocenters. The molecule has 0 atom stereocenters. The first-order valence-electron chi connectivity index (χ1n) is 7.79. The van der Waals surface area contributed by atoms with Crippen LogP contribution in [0.5, 0.6) is 5.75 Å². The average molecular weight is 307 g/mol. The predicted octanol–water partition coefficient (Wildman–Crippen LogP) is 4.12. The van der Waals surface area contributed by atoms with Gasteiger partial charge in [-0.1, -0.05) is 36.4 Å². The van der Waals surface area contributed by atoms with E-state index in [1.807, 2.05) is 10.7 Å². The van der Waals surface area contributed by atoms with Crippen LogP contribution in [0.4, 0.5) is 0 Å². The van der Waals surface area contributed by atoms with E-state index in [4.69, 9.17) is 4.74 Å². The zero-order valence-corrected chi connectivity index (χ0v) is 14.0. The molecule has 0 aliphatic carbocycles. The van der Waals surface area contributed by atoms with Crippen molar-refractivity contribution >= 4 is 0 Å². The number of benzene rings is 2. The van der Waals surface area contributed by atoms with Gasteiger partial charge in [-0.3, -0.25) is 0 Å². The van der Waals surface area contributed by atoms with Crippen LogP contribution in [0.25, 0.3) is 16.9 Å². The summed E-state index contributed by atoms with van der Waals surface area (Å²) < 4.78 is 7.34. The summed E-state index contributed by atoms with van der Waals surface area (Å²) in [6.45, 7) is 6.29. The lowest BCUT2D eigenvalue weighted by Crippen LogP contribution is -2.02. The SMILES string of the molecule is CCc1ccc(-c2cnnn2-c2cc(C)c(C)c(OC)c2)cc1. The Hall–Kier alpha value is -2.62. The third-order valence-electron chi connectivity index (χ3n) is 4.28. The monoisotopic (exact) mass is 307 g/mol. The summed E-state index contributed by atoms with van der Waals surface area (Å²) in [6, 6.07) is 12.6. The van der Waals surface area contributed by atoms with Crippen molar-refractivity contribution in [1.29, 1.82) is 0 Å². The first kappa shape index (κ1) is 15.3. The van der Waals surface area contributed by atoms with Gasteiger partial charge in [-0.05, 0) is 43.0 Å². The highest BCUT2D eigenvalue weighted by Crippen LogP contribution is 2.28. The average Bonchev–Trinajstić information content (AvgIpc) is 3.07. The minimum Gasteiger partial charge on any atom is -0.496 e. The quantitative estimate of drug-likeness (QED) is 0.728. The first-order valence-corrected chi connectivity index (χ1v) is 7.79. The predicted molar refractivity (Wildman–Crippen MR) is 92.2 cm³/mol. The van der Waals surface area contributed by atoms with Crippen molar-refractivity contribution in [3.8, 4) is 22.7 Å². The molecule has 23 heavy (non-hydrogen) atoms. The van der Waals surface area contributed by atoms with Crippen LogP contribution >= 0.6 is 0 Å². The maximum absolute atomic E-state index is 5.48. The summed E-state index contributed by atoms with van der Waals surface area (Å²) in [5, 5.41) is 8.36. The molecular weight excluding hydrogens is 286 g/mol. The van der Waals surface area contributed by atoms with E-state index in [2.05, 4.69) is 61.4 Å². The minimum atomic E-state index is 0.864. The third-order valence-corrected chi connectivity index (χ3v) is 4.28. The van der Waals surface area contributed by atoms with E-state index in [1.54, 1.807) is 13.3 Å². The molecule has 4 nitrogen and oxygen atoms in total. The number of nitrogens with zero attached hydrogens (tertiary/aromatic N) is 3. The Bertz CT molecular complexity index is 819. The van der Waals surface area contributed by atoms with E-state index < -0.39 is 0 Å². The van der Waals surface area contributed by atoms with Crippen molar-refractivity contribution in [2.24, 2.45) is 0 Å². The van der Waals surface area contributed by atoms with Gasteiger partial charge in [-0.2, -0.15) is 0 Å². The molecular formula is C19H21N3O. The van der Waals surface area contributed by atoms with Crippen LogP contribution in [-0.4, -0.2) is 22.1 Å². The van der Waals surface area contributed by atoms with E-state index in [-0.39, 0.29) is 0 Å². The van der Waals surface area contributed by atoms with Crippen molar-refractivity contribution in [2.45, 2.75) is 27.2 Å². The fraction of sp³-hybridized carbons (Fsp3) is 0.263. The summed E-state index contributed by atoms with van der Waals surface area (Å²) >= 11 is 0. The molecule has 1 aromatic heterocycles. The second kappa shape index (κ2) is 6.24. The number of hydrogen-bond acceptors (Lipinski definition) is 3. The molecule has 118 valence electrons. The number of hydrogen-bond donors (Lipinski definition) is 0. The van der Waals surface area contributed by atoms with Gasteiger partial charge >= 0.3 is 0 Å². The molecule has 0 fully saturated rings. The van der Waals surface area contributed by atoms with Crippen molar-refractivity contribution in [3.63, 3.8) is 0 Å². The summed E-state index contributed by atoms with van der Waals surface area (Å²) in [5.41, 5.74) is 6.66. The second-order valence-corrected chi connectivity index (χ2v) is 5.67. The minimum absolute atomic E-state index is 0.864. The molecule has 3 aromatic rings. The number of rotatable bonds is 4. The topological polar surface area (TPSA) is 39.9 Å². The van der Waals surface area contributed by atoms with Gasteiger partial charge in [0.05, 0.1) is 24.7 Å². The zero-order chi connectivity index (χ0) is 16.4. The van der Waals surface area contributed by atoms with Gasteiger partial charge in [-0.15, -0.1) is 5.10 Å². The van der Waals surface area contributed by atoms with E-state index >= 15 is 0 Å². The van der Waals surface area contributed by atoms with E-state index in [1.165, 1.54) is 11.1 Å². The van der Waals surface area contributed by atoms with Crippen LogP contribution in [0.3, 0.4) is 0 Å². The van der Waals surface area contributed by atoms with Crippen LogP contribution in [0.1, 0.15) is 23.6 Å². The maximum atomic E-state index is 5.48.